The van der Waals surface area contributed by atoms with E-state index in [0.717, 1.165) is 16.9 Å². The topological polar surface area (TPSA) is 9.23 Å². The largest absolute Gasteiger partial charge is 0.492 e. The second kappa shape index (κ2) is 4.78. The average molecular weight is 291 g/mol. The van der Waals surface area contributed by atoms with E-state index >= 15 is 0 Å². The van der Waals surface area contributed by atoms with Gasteiger partial charge < -0.3 is 4.74 Å². The summed E-state index contributed by atoms with van der Waals surface area (Å²) in [6, 6.07) is 12.4. The maximum atomic E-state index is 13.0. The minimum Gasteiger partial charge on any atom is -0.492 e. The molecular formula is C17H16ClFO. The van der Waals surface area contributed by atoms with Crippen LogP contribution < -0.4 is 4.74 Å². The molecule has 2 aromatic carbocycles. The zero-order valence-corrected chi connectivity index (χ0v) is 12.2. The van der Waals surface area contributed by atoms with Crippen molar-refractivity contribution < 1.29 is 9.13 Å². The highest BCUT2D eigenvalue weighted by atomic mass is 35.5. The van der Waals surface area contributed by atoms with E-state index in [1.807, 2.05) is 12.1 Å². The third-order valence-electron chi connectivity index (χ3n) is 3.78. The van der Waals surface area contributed by atoms with Gasteiger partial charge in [0, 0.05) is 11.0 Å². The zero-order chi connectivity index (χ0) is 14.3. The van der Waals surface area contributed by atoms with Crippen molar-refractivity contribution in [1.82, 2.24) is 0 Å². The first-order chi connectivity index (χ1) is 9.47. The van der Waals surface area contributed by atoms with Gasteiger partial charge in [0.15, 0.2) is 0 Å². The lowest BCUT2D eigenvalue weighted by atomic mass is 9.85. The molecule has 1 atom stereocenters. The molecule has 0 fully saturated rings. The predicted molar refractivity (Wildman–Crippen MR) is 79.1 cm³/mol. The monoisotopic (exact) mass is 290 g/mol. The van der Waals surface area contributed by atoms with Crippen molar-refractivity contribution in [2.75, 3.05) is 6.61 Å². The summed E-state index contributed by atoms with van der Waals surface area (Å²) >= 11 is 6.52. The highest BCUT2D eigenvalue weighted by Gasteiger charge is 2.32. The molecule has 0 aromatic heterocycles. The Balaban J connectivity index is 1.97. The van der Waals surface area contributed by atoms with E-state index in [4.69, 9.17) is 16.3 Å². The van der Waals surface area contributed by atoms with Crippen LogP contribution in [0.15, 0.2) is 42.5 Å². The van der Waals surface area contributed by atoms with Crippen LogP contribution in [0.4, 0.5) is 4.39 Å². The molecule has 20 heavy (non-hydrogen) atoms. The van der Waals surface area contributed by atoms with Gasteiger partial charge in [-0.25, -0.2) is 4.39 Å². The van der Waals surface area contributed by atoms with E-state index in [2.05, 4.69) is 19.9 Å². The van der Waals surface area contributed by atoms with Crippen molar-refractivity contribution >= 4 is 11.6 Å². The highest BCUT2D eigenvalue weighted by molar-refractivity contribution is 6.22. The van der Waals surface area contributed by atoms with Gasteiger partial charge in [0.1, 0.15) is 11.6 Å². The molecule has 0 radical (unpaired) electrons. The van der Waals surface area contributed by atoms with E-state index in [-0.39, 0.29) is 16.6 Å². The number of hydrogen-bond acceptors (Lipinski definition) is 1. The number of fused-ring (bicyclic) bond motifs is 1. The summed E-state index contributed by atoms with van der Waals surface area (Å²) in [7, 11) is 0. The number of halogens is 2. The van der Waals surface area contributed by atoms with Gasteiger partial charge in [0.2, 0.25) is 0 Å². The number of alkyl halides is 1. The summed E-state index contributed by atoms with van der Waals surface area (Å²) in [5.74, 6) is 0.683. The molecular weight excluding hydrogens is 275 g/mol. The third-order valence-corrected chi connectivity index (χ3v) is 4.28. The van der Waals surface area contributed by atoms with Crippen LogP contribution in [-0.4, -0.2) is 6.61 Å². The van der Waals surface area contributed by atoms with E-state index in [9.17, 15) is 4.39 Å². The lowest BCUT2D eigenvalue weighted by molar-refractivity contribution is 0.291. The molecule has 0 bridgehead atoms. The molecule has 1 aliphatic rings. The fourth-order valence-electron chi connectivity index (χ4n) is 2.52. The number of rotatable bonds is 2. The average Bonchev–Trinajstić information content (AvgIpc) is 2.74. The Labute approximate surface area is 123 Å². The number of ether oxygens (including phenoxy) is 1. The standard InChI is InChI=1S/C17H16ClFO/c1-17(2)10-20-15-8-5-12(9-14(15)17)16(18)11-3-6-13(19)7-4-11/h3-9,16H,10H2,1-2H3. The van der Waals surface area contributed by atoms with Crippen LogP contribution in [0.5, 0.6) is 5.75 Å². The molecule has 0 saturated carbocycles. The quantitative estimate of drug-likeness (QED) is 0.720. The third kappa shape index (κ3) is 2.29. The van der Waals surface area contributed by atoms with Gasteiger partial charge in [0.25, 0.3) is 0 Å². The van der Waals surface area contributed by atoms with E-state index in [1.165, 1.54) is 17.7 Å². The molecule has 1 heterocycles. The molecule has 0 spiro atoms. The summed E-state index contributed by atoms with van der Waals surface area (Å²) in [6.45, 7) is 5.00. The van der Waals surface area contributed by atoms with Gasteiger partial charge in [-0.15, -0.1) is 11.6 Å². The molecule has 0 saturated heterocycles. The van der Waals surface area contributed by atoms with Gasteiger partial charge in [0.05, 0.1) is 12.0 Å². The zero-order valence-electron chi connectivity index (χ0n) is 11.5. The van der Waals surface area contributed by atoms with Crippen molar-refractivity contribution in [3.8, 4) is 5.75 Å². The van der Waals surface area contributed by atoms with E-state index in [0.29, 0.717) is 6.61 Å². The smallest absolute Gasteiger partial charge is 0.123 e. The lowest BCUT2D eigenvalue weighted by Gasteiger charge is -2.17. The summed E-state index contributed by atoms with van der Waals surface area (Å²) < 4.78 is 18.7. The molecule has 104 valence electrons. The minimum absolute atomic E-state index is 0.00471. The Morgan fingerprint density at radius 3 is 2.45 bits per heavy atom. The van der Waals surface area contributed by atoms with Crippen molar-refractivity contribution in [1.29, 1.82) is 0 Å². The molecule has 2 aromatic rings. The molecule has 1 aliphatic heterocycles. The second-order valence-corrected chi connectivity index (χ2v) is 6.28. The Morgan fingerprint density at radius 2 is 1.75 bits per heavy atom. The first kappa shape index (κ1) is 13.4. The fourth-order valence-corrected chi connectivity index (χ4v) is 2.80. The molecule has 0 aliphatic carbocycles. The lowest BCUT2D eigenvalue weighted by Crippen LogP contribution is -2.18. The molecule has 0 N–H and O–H groups in total. The first-order valence-electron chi connectivity index (χ1n) is 6.64. The van der Waals surface area contributed by atoms with Crippen molar-refractivity contribution in [3.63, 3.8) is 0 Å². The van der Waals surface area contributed by atoms with Gasteiger partial charge in [-0.1, -0.05) is 32.0 Å². The first-order valence-corrected chi connectivity index (χ1v) is 7.08. The van der Waals surface area contributed by atoms with Crippen LogP contribution in [0.1, 0.15) is 35.9 Å². The van der Waals surface area contributed by atoms with E-state index in [1.54, 1.807) is 12.1 Å². The summed E-state index contributed by atoms with van der Waals surface area (Å²) in [5, 5.41) is -0.280. The fraction of sp³-hybridized carbons (Fsp3) is 0.294. The number of benzene rings is 2. The van der Waals surface area contributed by atoms with Gasteiger partial charge in [-0.05, 0) is 35.4 Å². The molecule has 0 amide bonds. The summed E-state index contributed by atoms with van der Waals surface area (Å²) in [4.78, 5) is 0. The van der Waals surface area contributed by atoms with Gasteiger partial charge in [-0.3, -0.25) is 0 Å². The Bertz CT molecular complexity index is 634. The Kier molecular flexibility index (Phi) is 3.21. The van der Waals surface area contributed by atoms with Crippen LogP contribution in [0.2, 0.25) is 0 Å². The van der Waals surface area contributed by atoms with Gasteiger partial charge >= 0.3 is 0 Å². The van der Waals surface area contributed by atoms with Crippen molar-refractivity contribution in [2.45, 2.75) is 24.6 Å². The molecule has 1 unspecified atom stereocenters. The Morgan fingerprint density at radius 1 is 1.10 bits per heavy atom. The minimum atomic E-state index is -0.280. The summed E-state index contributed by atoms with van der Waals surface area (Å²) in [5.41, 5.74) is 3.09. The maximum Gasteiger partial charge on any atom is 0.123 e. The van der Waals surface area contributed by atoms with Crippen molar-refractivity contribution in [2.24, 2.45) is 0 Å². The van der Waals surface area contributed by atoms with Crippen LogP contribution in [0, 0.1) is 5.82 Å². The van der Waals surface area contributed by atoms with Crippen LogP contribution in [-0.2, 0) is 5.41 Å². The molecule has 1 nitrogen and oxygen atoms in total. The Hall–Kier alpha value is -1.54. The van der Waals surface area contributed by atoms with Crippen LogP contribution in [0.25, 0.3) is 0 Å². The molecule has 3 heteroatoms. The van der Waals surface area contributed by atoms with Crippen LogP contribution in [0.3, 0.4) is 0 Å². The van der Waals surface area contributed by atoms with Crippen molar-refractivity contribution in [3.05, 3.63) is 65.0 Å². The number of hydrogen-bond donors (Lipinski definition) is 0. The van der Waals surface area contributed by atoms with Crippen LogP contribution >= 0.6 is 11.6 Å². The predicted octanol–water partition coefficient (Wildman–Crippen LogP) is 4.82. The second-order valence-electron chi connectivity index (χ2n) is 5.84. The normalized spacial score (nSPS) is 17.4. The molecule has 3 rings (SSSR count). The SMILES string of the molecule is CC1(C)COc2ccc(C(Cl)c3ccc(F)cc3)cc21. The maximum absolute atomic E-state index is 13.0. The summed E-state index contributed by atoms with van der Waals surface area (Å²) in [6.07, 6.45) is 0. The van der Waals surface area contributed by atoms with E-state index < -0.39 is 0 Å². The highest BCUT2D eigenvalue weighted by Crippen LogP contribution is 2.41. The van der Waals surface area contributed by atoms with Gasteiger partial charge in [-0.2, -0.15) is 0 Å².